The van der Waals surface area contributed by atoms with Crippen LogP contribution in [0.2, 0.25) is 0 Å². The molecule has 0 heterocycles. The minimum Gasteiger partial charge on any atom is -0.483 e. The van der Waals surface area contributed by atoms with Gasteiger partial charge in [0.15, 0.2) is 6.61 Å². The lowest BCUT2D eigenvalue weighted by molar-refractivity contribution is -0.119. The lowest BCUT2D eigenvalue weighted by Gasteiger charge is -2.25. The van der Waals surface area contributed by atoms with Gasteiger partial charge in [0.05, 0.1) is 10.6 Å². The van der Waals surface area contributed by atoms with Gasteiger partial charge in [0.25, 0.3) is 15.9 Å². The summed E-state index contributed by atoms with van der Waals surface area (Å²) in [6.07, 6.45) is 0.807. The van der Waals surface area contributed by atoms with E-state index in [1.54, 1.807) is 30.3 Å². The molecule has 3 aromatic rings. The Morgan fingerprint density at radius 1 is 0.971 bits per heavy atom. The molecule has 7 heteroatoms. The summed E-state index contributed by atoms with van der Waals surface area (Å²) in [5, 5.41) is 0. The normalized spacial score (nSPS) is 11.8. The molecule has 0 atom stereocenters. The summed E-state index contributed by atoms with van der Waals surface area (Å²) in [6, 6.07) is 19.0. The topological polar surface area (TPSA) is 63.7 Å². The van der Waals surface area contributed by atoms with Crippen molar-refractivity contribution in [2.75, 3.05) is 10.9 Å². The third kappa shape index (κ3) is 5.88. The first-order valence-corrected chi connectivity index (χ1v) is 13.3. The highest BCUT2D eigenvalue weighted by Gasteiger charge is 2.32. The molecule has 0 radical (unpaired) electrons. The van der Waals surface area contributed by atoms with E-state index >= 15 is 0 Å². The van der Waals surface area contributed by atoms with E-state index in [1.807, 2.05) is 58.9 Å². The minimum atomic E-state index is -4.14. The number of amides is 1. The highest BCUT2D eigenvalue weighted by atomic mass is 79.9. The quantitative estimate of drug-likeness (QED) is 0.345. The number of hydrogen-bond acceptors (Lipinski definition) is 4. The van der Waals surface area contributed by atoms with Gasteiger partial charge in [-0.05, 0) is 66.8 Å². The molecule has 0 saturated carbocycles. The second kappa shape index (κ2) is 10.3. The number of hydrogen-bond donors (Lipinski definition) is 0. The maximum atomic E-state index is 13.6. The molecule has 5 nitrogen and oxygen atoms in total. The number of sulfonamides is 1. The van der Waals surface area contributed by atoms with Crippen molar-refractivity contribution in [3.05, 3.63) is 87.9 Å². The lowest BCUT2D eigenvalue weighted by atomic mass is 9.86. The van der Waals surface area contributed by atoms with Crippen molar-refractivity contribution in [3.63, 3.8) is 0 Å². The molecule has 0 fully saturated rings. The first kappa shape index (κ1) is 26.0. The van der Waals surface area contributed by atoms with Crippen LogP contribution in [0.15, 0.2) is 76.1 Å². The fraction of sp³-hybridized carbons (Fsp3) is 0.296. The van der Waals surface area contributed by atoms with E-state index in [1.165, 1.54) is 12.1 Å². The van der Waals surface area contributed by atoms with Crippen LogP contribution in [0.4, 0.5) is 5.69 Å². The van der Waals surface area contributed by atoms with Crippen LogP contribution in [-0.2, 0) is 26.7 Å². The van der Waals surface area contributed by atoms with Crippen molar-refractivity contribution in [2.24, 2.45) is 0 Å². The van der Waals surface area contributed by atoms with Crippen LogP contribution < -0.4 is 9.04 Å². The molecule has 0 aliphatic heterocycles. The van der Waals surface area contributed by atoms with Crippen molar-refractivity contribution in [3.8, 4) is 5.75 Å². The summed E-state index contributed by atoms with van der Waals surface area (Å²) >= 11 is 3.48. The SMILES string of the molecule is CCc1ccc(N(C(=O)COc2ccc(Br)cc2C(C)(C)C)S(=O)(=O)c2ccc(C)cc2)cc1. The average molecular weight is 545 g/mol. The average Bonchev–Trinajstić information content (AvgIpc) is 2.78. The zero-order valence-corrected chi connectivity index (χ0v) is 22.5. The van der Waals surface area contributed by atoms with Crippen LogP contribution in [-0.4, -0.2) is 20.9 Å². The molecule has 3 rings (SSSR count). The summed E-state index contributed by atoms with van der Waals surface area (Å²) in [5.74, 6) is -0.134. The summed E-state index contributed by atoms with van der Waals surface area (Å²) in [4.78, 5) is 13.4. The number of carbonyl (C=O) groups is 1. The van der Waals surface area contributed by atoms with Crippen molar-refractivity contribution >= 4 is 37.5 Å². The predicted molar refractivity (Wildman–Crippen MR) is 140 cm³/mol. The Hall–Kier alpha value is -2.64. The van der Waals surface area contributed by atoms with Gasteiger partial charge in [0.1, 0.15) is 5.75 Å². The Kier molecular flexibility index (Phi) is 7.88. The van der Waals surface area contributed by atoms with Crippen LogP contribution in [0.5, 0.6) is 5.75 Å². The lowest BCUT2D eigenvalue weighted by Crippen LogP contribution is -2.40. The first-order chi connectivity index (χ1) is 15.9. The zero-order chi connectivity index (χ0) is 25.1. The number of halogens is 1. The van der Waals surface area contributed by atoms with Gasteiger partial charge in [-0.3, -0.25) is 4.79 Å². The van der Waals surface area contributed by atoms with E-state index in [0.29, 0.717) is 5.75 Å². The molecule has 0 unspecified atom stereocenters. The van der Waals surface area contributed by atoms with Gasteiger partial charge in [-0.2, -0.15) is 4.31 Å². The molecule has 0 aromatic heterocycles. The van der Waals surface area contributed by atoms with Gasteiger partial charge in [-0.25, -0.2) is 8.42 Å². The van der Waals surface area contributed by atoms with Crippen LogP contribution in [0.1, 0.15) is 44.4 Å². The number of anilines is 1. The second-order valence-corrected chi connectivity index (χ2v) is 11.9. The summed E-state index contributed by atoms with van der Waals surface area (Å²) < 4.78 is 34.8. The van der Waals surface area contributed by atoms with Crippen molar-refractivity contribution in [2.45, 2.75) is 51.3 Å². The summed E-state index contributed by atoms with van der Waals surface area (Å²) in [5.41, 5.74) is 2.93. The van der Waals surface area contributed by atoms with E-state index in [4.69, 9.17) is 4.74 Å². The highest BCUT2D eigenvalue weighted by molar-refractivity contribution is 9.10. The Bertz CT molecular complexity index is 1260. The Morgan fingerprint density at radius 2 is 1.59 bits per heavy atom. The molecular weight excluding hydrogens is 514 g/mol. The zero-order valence-electron chi connectivity index (χ0n) is 20.1. The maximum Gasteiger partial charge on any atom is 0.278 e. The van der Waals surface area contributed by atoms with Crippen molar-refractivity contribution in [1.29, 1.82) is 0 Å². The number of ether oxygens (including phenoxy) is 1. The number of aryl methyl sites for hydroxylation is 2. The fourth-order valence-corrected chi connectivity index (χ4v) is 5.28. The molecule has 0 spiro atoms. The van der Waals surface area contributed by atoms with Crippen LogP contribution in [0.25, 0.3) is 0 Å². The van der Waals surface area contributed by atoms with Gasteiger partial charge in [0.2, 0.25) is 0 Å². The number of nitrogens with zero attached hydrogens (tertiary/aromatic N) is 1. The molecular formula is C27H30BrNO4S. The third-order valence-corrected chi connectivity index (χ3v) is 7.72. The highest BCUT2D eigenvalue weighted by Crippen LogP contribution is 2.34. The Morgan fingerprint density at radius 3 is 2.15 bits per heavy atom. The maximum absolute atomic E-state index is 13.6. The standard InChI is InChI=1S/C27H30BrNO4S/c1-6-20-9-12-22(13-10-20)29(34(31,32)23-14-7-19(2)8-15-23)26(30)18-33-25-16-11-21(28)17-24(25)27(3,4)5/h7-17H,6,18H2,1-5H3. The fourth-order valence-electron chi connectivity index (χ4n) is 3.51. The van der Waals surface area contributed by atoms with E-state index in [-0.39, 0.29) is 16.0 Å². The van der Waals surface area contributed by atoms with Gasteiger partial charge < -0.3 is 4.74 Å². The second-order valence-electron chi connectivity index (χ2n) is 9.18. The smallest absolute Gasteiger partial charge is 0.278 e. The van der Waals surface area contributed by atoms with E-state index in [0.717, 1.165) is 31.9 Å². The van der Waals surface area contributed by atoms with Crippen LogP contribution in [0.3, 0.4) is 0 Å². The van der Waals surface area contributed by atoms with Gasteiger partial charge in [-0.15, -0.1) is 0 Å². The molecule has 1 amide bonds. The molecule has 0 aliphatic carbocycles. The molecule has 34 heavy (non-hydrogen) atoms. The molecule has 0 saturated heterocycles. The third-order valence-electron chi connectivity index (χ3n) is 5.47. The van der Waals surface area contributed by atoms with Crippen molar-refractivity contribution < 1.29 is 17.9 Å². The Labute approximate surface area is 210 Å². The summed E-state index contributed by atoms with van der Waals surface area (Å²) in [6.45, 7) is 9.61. The van der Waals surface area contributed by atoms with E-state index in [2.05, 4.69) is 15.9 Å². The number of rotatable bonds is 7. The largest absolute Gasteiger partial charge is 0.483 e. The van der Waals surface area contributed by atoms with Gasteiger partial charge >= 0.3 is 0 Å². The number of benzene rings is 3. The molecule has 0 bridgehead atoms. The van der Waals surface area contributed by atoms with Crippen LogP contribution in [0, 0.1) is 6.92 Å². The van der Waals surface area contributed by atoms with Gasteiger partial charge in [-0.1, -0.05) is 73.5 Å². The molecule has 180 valence electrons. The van der Waals surface area contributed by atoms with Crippen molar-refractivity contribution in [1.82, 2.24) is 0 Å². The monoisotopic (exact) mass is 543 g/mol. The predicted octanol–water partition coefficient (Wildman–Crippen LogP) is 6.42. The minimum absolute atomic E-state index is 0.0463. The van der Waals surface area contributed by atoms with Gasteiger partial charge in [0, 0.05) is 10.0 Å². The summed E-state index contributed by atoms with van der Waals surface area (Å²) in [7, 11) is -4.14. The Balaban J connectivity index is 1.98. The van der Waals surface area contributed by atoms with E-state index < -0.39 is 22.5 Å². The molecule has 3 aromatic carbocycles. The molecule has 0 N–H and O–H groups in total. The molecule has 0 aliphatic rings. The number of carbonyl (C=O) groups excluding carboxylic acids is 1. The van der Waals surface area contributed by atoms with E-state index in [9.17, 15) is 13.2 Å². The first-order valence-electron chi connectivity index (χ1n) is 11.1. The van der Waals surface area contributed by atoms with Crippen LogP contribution >= 0.6 is 15.9 Å².